The number of amides is 2. The van der Waals surface area contributed by atoms with Crippen LogP contribution in [0, 0.1) is 17.2 Å². The van der Waals surface area contributed by atoms with Gasteiger partial charge in [-0.05, 0) is 48.2 Å². The number of likely N-dealkylation sites (N-methyl/N-ethyl adjacent to an activating group) is 1. The fraction of sp³-hybridized carbons (Fsp3) is 0.571. The third kappa shape index (κ3) is 13.4. The van der Waals surface area contributed by atoms with Gasteiger partial charge < -0.3 is 31.2 Å². The topological polar surface area (TPSA) is 195 Å². The summed E-state index contributed by atoms with van der Waals surface area (Å²) >= 11 is 0. The van der Waals surface area contributed by atoms with Crippen molar-refractivity contribution in [3.05, 3.63) is 47.5 Å². The molecule has 0 aliphatic carbocycles. The molecule has 3 atom stereocenters. The molecule has 0 spiro atoms. The Balaban J connectivity index is 2.04. The van der Waals surface area contributed by atoms with Gasteiger partial charge in [0.05, 0.1) is 12.1 Å². The van der Waals surface area contributed by atoms with Crippen LogP contribution in [0.4, 0.5) is 0 Å². The average molecular weight is 746 g/mol. The van der Waals surface area contributed by atoms with Crippen molar-refractivity contribution in [2.24, 2.45) is 17.4 Å². The Hall–Kier alpha value is -4.60. The Kier molecular flexibility index (Phi) is 18.9. The number of hydrogen-bond donors (Lipinski definition) is 3. The van der Waals surface area contributed by atoms with Gasteiger partial charge in [0.2, 0.25) is 11.8 Å². The summed E-state index contributed by atoms with van der Waals surface area (Å²) in [5, 5.41) is 12.0. The normalized spacial score (nSPS) is 17.1. The molecule has 1 heterocycles. The number of Topliss-reactive ketones (excluding diaryl/α,β-unsaturated/α-hetero) is 3. The number of unbranched alkanes of at least 4 members (excludes halogenated alkanes) is 6. The molecule has 54 heavy (non-hydrogen) atoms. The van der Waals surface area contributed by atoms with E-state index in [0.29, 0.717) is 40.2 Å². The summed E-state index contributed by atoms with van der Waals surface area (Å²) in [5.74, 6) is -1.44. The first-order chi connectivity index (χ1) is 26.0. The van der Waals surface area contributed by atoms with E-state index in [0.717, 1.165) is 25.7 Å². The van der Waals surface area contributed by atoms with Gasteiger partial charge in [0.1, 0.15) is 36.5 Å². The van der Waals surface area contributed by atoms with Crippen LogP contribution in [0.1, 0.15) is 114 Å². The smallest absolute Gasteiger partial charge is 0.223 e. The molecular weight excluding hydrogens is 686 g/mol. The van der Waals surface area contributed by atoms with E-state index in [1.807, 2.05) is 12.1 Å². The van der Waals surface area contributed by atoms with E-state index < -0.39 is 23.9 Å². The zero-order chi connectivity index (χ0) is 39.5. The summed E-state index contributed by atoms with van der Waals surface area (Å²) in [6.07, 6.45) is 7.95. The highest BCUT2D eigenvalue weighted by atomic mass is 16.5. The zero-order valence-corrected chi connectivity index (χ0v) is 32.3. The highest BCUT2D eigenvalue weighted by Crippen LogP contribution is 2.40. The van der Waals surface area contributed by atoms with Crippen molar-refractivity contribution < 1.29 is 33.4 Å². The maximum absolute atomic E-state index is 14.3. The van der Waals surface area contributed by atoms with E-state index in [4.69, 9.17) is 26.2 Å². The van der Waals surface area contributed by atoms with E-state index >= 15 is 0 Å². The number of rotatable bonds is 21. The molecule has 2 aromatic rings. The molecule has 0 saturated heterocycles. The van der Waals surface area contributed by atoms with E-state index in [9.17, 15) is 24.0 Å². The Morgan fingerprint density at radius 3 is 2.13 bits per heavy atom. The molecule has 4 bridgehead atoms. The maximum Gasteiger partial charge on any atom is 0.223 e. The van der Waals surface area contributed by atoms with Crippen LogP contribution in [0.15, 0.2) is 36.4 Å². The van der Waals surface area contributed by atoms with E-state index in [1.54, 1.807) is 44.3 Å². The van der Waals surface area contributed by atoms with Gasteiger partial charge >= 0.3 is 0 Å². The number of carbonyl (C=O) groups excluding carboxylic acids is 5. The molecule has 1 aliphatic rings. The molecule has 0 aromatic heterocycles. The third-order valence-electron chi connectivity index (χ3n) is 9.75. The van der Waals surface area contributed by atoms with Gasteiger partial charge in [0, 0.05) is 75.7 Å². The number of fused-ring (bicyclic) bond motifs is 5. The number of nitrogens with one attached hydrogen (secondary N) is 1. The summed E-state index contributed by atoms with van der Waals surface area (Å²) in [6.45, 7) is 4.70. The molecule has 5 N–H and O–H groups in total. The van der Waals surface area contributed by atoms with Crippen LogP contribution in [0.25, 0.3) is 11.1 Å². The minimum absolute atomic E-state index is 0.00222. The highest BCUT2D eigenvalue weighted by molar-refractivity contribution is 5.96. The van der Waals surface area contributed by atoms with Gasteiger partial charge in [-0.3, -0.25) is 24.0 Å². The maximum atomic E-state index is 14.3. The van der Waals surface area contributed by atoms with Crippen LogP contribution >= 0.6 is 0 Å². The van der Waals surface area contributed by atoms with Crippen LogP contribution in [-0.4, -0.2) is 73.5 Å². The monoisotopic (exact) mass is 745 g/mol. The predicted octanol–water partition coefficient (Wildman–Crippen LogP) is 5.53. The number of benzene rings is 2. The van der Waals surface area contributed by atoms with Crippen LogP contribution < -0.4 is 26.3 Å². The van der Waals surface area contributed by atoms with Crippen LogP contribution in [-0.2, 0) is 30.4 Å². The molecule has 12 nitrogen and oxygen atoms in total. The number of carbonyl (C=O) groups is 5. The first kappa shape index (κ1) is 43.8. The molecule has 0 fully saturated rings. The number of nitriles is 1. The molecule has 0 radical (unpaired) electrons. The predicted molar refractivity (Wildman–Crippen MR) is 208 cm³/mol. The first-order valence-corrected chi connectivity index (χ1v) is 19.5. The lowest BCUT2D eigenvalue weighted by Gasteiger charge is -2.30. The summed E-state index contributed by atoms with van der Waals surface area (Å²) in [4.78, 5) is 69.0. The van der Waals surface area contributed by atoms with Gasteiger partial charge in [0.15, 0.2) is 11.6 Å². The molecule has 12 heteroatoms. The van der Waals surface area contributed by atoms with Gasteiger partial charge in [-0.2, -0.15) is 5.26 Å². The van der Waals surface area contributed by atoms with Gasteiger partial charge in [-0.1, -0.05) is 64.5 Å². The van der Waals surface area contributed by atoms with Crippen molar-refractivity contribution in [3.8, 4) is 28.7 Å². The standard InChI is InChI=1S/C42H59N5O7/c1-4-5-6-7-8-9-10-12-32(48)16-19-40(51)47(3)41-31-15-18-39(54-24-22-45)34(28-31)33-26-30(14-17-38(33)53-23-21-44)27-35(36(49)13-11-20-43)46-42(52)29(2)25-37(41)50/h14-15,17-18,26,28-29,35,41H,4-13,16,19,21-25,27,44-45H2,1-3H3,(H,46,52)/t29-,35+,41+/m1/s1. The fourth-order valence-electron chi connectivity index (χ4n) is 6.68. The molecular formula is C42H59N5O7. The number of nitrogens with zero attached hydrogens (tertiary/aromatic N) is 2. The Bertz CT molecular complexity index is 1620. The lowest BCUT2D eigenvalue weighted by atomic mass is 9.89. The largest absolute Gasteiger partial charge is 0.492 e. The van der Waals surface area contributed by atoms with Gasteiger partial charge in [-0.15, -0.1) is 0 Å². The van der Waals surface area contributed by atoms with Crippen molar-refractivity contribution in [2.75, 3.05) is 33.4 Å². The second-order valence-electron chi connectivity index (χ2n) is 14.1. The van der Waals surface area contributed by atoms with E-state index in [1.165, 1.54) is 24.2 Å². The second kappa shape index (κ2) is 23.2. The van der Waals surface area contributed by atoms with Gasteiger partial charge in [-0.25, -0.2) is 0 Å². The van der Waals surface area contributed by atoms with Crippen molar-refractivity contribution in [2.45, 2.75) is 116 Å². The van der Waals surface area contributed by atoms with Crippen molar-refractivity contribution >= 4 is 29.2 Å². The molecule has 2 aromatic carbocycles. The first-order valence-electron chi connectivity index (χ1n) is 19.5. The van der Waals surface area contributed by atoms with Gasteiger partial charge in [0.25, 0.3) is 0 Å². The molecule has 3 rings (SSSR count). The SMILES string of the molecule is CCCCCCCCCC(=O)CCC(=O)N(C)[C@@H]1C(=O)C[C@@H](C)C(=O)N[C@H](C(=O)CCC#N)Cc2ccc(OCCN)c(c2)-c2cc1ccc2OCCN. The Labute approximate surface area is 320 Å². The molecule has 2 amide bonds. The van der Waals surface area contributed by atoms with E-state index in [-0.39, 0.29) is 88.1 Å². The highest BCUT2D eigenvalue weighted by Gasteiger charge is 2.33. The number of hydrogen-bond acceptors (Lipinski definition) is 10. The van der Waals surface area contributed by atoms with E-state index in [2.05, 4.69) is 12.2 Å². The zero-order valence-electron chi connectivity index (χ0n) is 32.3. The fourth-order valence-corrected chi connectivity index (χ4v) is 6.68. The average Bonchev–Trinajstić information content (AvgIpc) is 3.16. The summed E-state index contributed by atoms with van der Waals surface area (Å²) in [6, 6.07) is 10.6. The lowest BCUT2D eigenvalue weighted by Crippen LogP contribution is -2.45. The number of nitrogens with two attached hydrogens (primary N) is 2. The van der Waals surface area contributed by atoms with Crippen molar-refractivity contribution in [3.63, 3.8) is 0 Å². The summed E-state index contributed by atoms with van der Waals surface area (Å²) < 4.78 is 12.1. The summed E-state index contributed by atoms with van der Waals surface area (Å²) in [5.41, 5.74) is 13.9. The van der Waals surface area contributed by atoms with Crippen molar-refractivity contribution in [1.82, 2.24) is 10.2 Å². The molecule has 0 saturated carbocycles. The van der Waals surface area contributed by atoms with Crippen molar-refractivity contribution in [1.29, 1.82) is 5.26 Å². The number of ether oxygens (including phenoxy) is 2. The molecule has 0 unspecified atom stereocenters. The van der Waals surface area contributed by atoms with Crippen LogP contribution in [0.2, 0.25) is 0 Å². The quantitative estimate of drug-likeness (QED) is 0.137. The van der Waals surface area contributed by atoms with Crippen LogP contribution in [0.3, 0.4) is 0 Å². The Morgan fingerprint density at radius 2 is 1.48 bits per heavy atom. The lowest BCUT2D eigenvalue weighted by molar-refractivity contribution is -0.140. The summed E-state index contributed by atoms with van der Waals surface area (Å²) in [7, 11) is 1.54. The molecule has 1 aliphatic heterocycles. The minimum atomic E-state index is -1.10. The Morgan fingerprint density at radius 1 is 0.852 bits per heavy atom. The number of ketones is 3. The third-order valence-corrected chi connectivity index (χ3v) is 9.75. The minimum Gasteiger partial charge on any atom is -0.492 e. The van der Waals surface area contributed by atoms with Crippen LogP contribution in [0.5, 0.6) is 11.5 Å². The second-order valence-corrected chi connectivity index (χ2v) is 14.1. The molecule has 294 valence electrons.